The quantitative estimate of drug-likeness (QED) is 0.842. The van der Waals surface area contributed by atoms with E-state index in [9.17, 15) is 0 Å². The Morgan fingerprint density at radius 1 is 1.39 bits per heavy atom. The summed E-state index contributed by atoms with van der Waals surface area (Å²) in [4.78, 5) is 5.22. The first-order valence-electron chi connectivity index (χ1n) is 7.34. The first kappa shape index (κ1) is 14.6. The SMILES string of the molecule is CC(C)N1CCC(CN)(N(C)C2CCSC2)CC1. The summed E-state index contributed by atoms with van der Waals surface area (Å²) in [5.74, 6) is 2.62. The molecule has 18 heavy (non-hydrogen) atoms. The van der Waals surface area contributed by atoms with Gasteiger partial charge in [0, 0.05) is 43.0 Å². The van der Waals surface area contributed by atoms with Gasteiger partial charge in [0.05, 0.1) is 0 Å². The molecule has 2 aliphatic heterocycles. The monoisotopic (exact) mass is 271 g/mol. The summed E-state index contributed by atoms with van der Waals surface area (Å²) in [6.07, 6.45) is 3.81. The molecule has 1 atom stereocenters. The Morgan fingerprint density at radius 2 is 2.06 bits per heavy atom. The Bertz CT molecular complexity index is 256. The first-order valence-corrected chi connectivity index (χ1v) is 8.49. The molecule has 2 saturated heterocycles. The molecule has 0 aliphatic carbocycles. The Morgan fingerprint density at radius 3 is 2.50 bits per heavy atom. The van der Waals surface area contributed by atoms with Crippen molar-refractivity contribution in [3.8, 4) is 0 Å². The van der Waals surface area contributed by atoms with Crippen molar-refractivity contribution in [3.63, 3.8) is 0 Å². The number of rotatable bonds is 4. The van der Waals surface area contributed by atoms with E-state index in [1.54, 1.807) is 0 Å². The normalized spacial score (nSPS) is 29.3. The van der Waals surface area contributed by atoms with Crippen LogP contribution in [0.15, 0.2) is 0 Å². The van der Waals surface area contributed by atoms with Gasteiger partial charge in [-0.15, -0.1) is 0 Å². The number of nitrogens with zero attached hydrogens (tertiary/aromatic N) is 2. The van der Waals surface area contributed by atoms with E-state index in [4.69, 9.17) is 5.73 Å². The van der Waals surface area contributed by atoms with Crippen molar-refractivity contribution in [1.29, 1.82) is 0 Å². The number of hydrogen-bond acceptors (Lipinski definition) is 4. The van der Waals surface area contributed by atoms with Gasteiger partial charge in [-0.2, -0.15) is 11.8 Å². The molecule has 1 unspecified atom stereocenters. The molecule has 0 amide bonds. The number of thioether (sulfide) groups is 1. The van der Waals surface area contributed by atoms with E-state index in [-0.39, 0.29) is 5.54 Å². The molecule has 2 fully saturated rings. The second kappa shape index (κ2) is 6.12. The van der Waals surface area contributed by atoms with Gasteiger partial charge in [-0.05, 0) is 45.9 Å². The van der Waals surface area contributed by atoms with Gasteiger partial charge in [-0.3, -0.25) is 4.90 Å². The minimum absolute atomic E-state index is 0.265. The highest BCUT2D eigenvalue weighted by Gasteiger charge is 2.40. The van der Waals surface area contributed by atoms with Crippen LogP contribution in [0, 0.1) is 0 Å². The van der Waals surface area contributed by atoms with Crippen LogP contribution < -0.4 is 5.73 Å². The van der Waals surface area contributed by atoms with Crippen LogP contribution in [0.5, 0.6) is 0 Å². The zero-order valence-electron chi connectivity index (χ0n) is 12.2. The second-order valence-corrected chi connectivity index (χ2v) is 7.34. The summed E-state index contributed by atoms with van der Waals surface area (Å²) in [5.41, 5.74) is 6.43. The van der Waals surface area contributed by atoms with E-state index in [2.05, 4.69) is 42.5 Å². The van der Waals surface area contributed by atoms with Crippen LogP contribution in [0.2, 0.25) is 0 Å². The molecule has 2 N–H and O–H groups in total. The minimum atomic E-state index is 0.265. The molecule has 0 aromatic heterocycles. The highest BCUT2D eigenvalue weighted by Crippen LogP contribution is 2.33. The van der Waals surface area contributed by atoms with Crippen molar-refractivity contribution >= 4 is 11.8 Å². The van der Waals surface area contributed by atoms with Gasteiger partial charge in [-0.1, -0.05) is 0 Å². The summed E-state index contributed by atoms with van der Waals surface area (Å²) in [5, 5.41) is 0. The largest absolute Gasteiger partial charge is 0.329 e. The zero-order chi connectivity index (χ0) is 13.2. The summed E-state index contributed by atoms with van der Waals surface area (Å²) in [7, 11) is 2.31. The maximum Gasteiger partial charge on any atom is 0.0356 e. The van der Waals surface area contributed by atoms with Crippen molar-refractivity contribution in [2.45, 2.75) is 50.7 Å². The molecule has 0 bridgehead atoms. The Labute approximate surface area is 116 Å². The molecule has 0 spiro atoms. The Hall–Kier alpha value is 0.230. The number of hydrogen-bond donors (Lipinski definition) is 1. The summed E-state index contributed by atoms with van der Waals surface area (Å²) in [6.45, 7) is 7.83. The van der Waals surface area contributed by atoms with Crippen LogP contribution in [-0.4, -0.2) is 65.6 Å². The van der Waals surface area contributed by atoms with Gasteiger partial charge in [0.25, 0.3) is 0 Å². The van der Waals surface area contributed by atoms with Gasteiger partial charge < -0.3 is 10.6 Å². The number of nitrogens with two attached hydrogens (primary N) is 1. The van der Waals surface area contributed by atoms with Crippen LogP contribution in [0.3, 0.4) is 0 Å². The Balaban J connectivity index is 1.98. The first-order chi connectivity index (χ1) is 8.59. The lowest BCUT2D eigenvalue weighted by Crippen LogP contribution is -2.61. The summed E-state index contributed by atoms with van der Waals surface area (Å²) in [6, 6.07) is 1.43. The van der Waals surface area contributed by atoms with Gasteiger partial charge in [-0.25, -0.2) is 0 Å². The topological polar surface area (TPSA) is 32.5 Å². The van der Waals surface area contributed by atoms with Gasteiger partial charge in [0.1, 0.15) is 0 Å². The smallest absolute Gasteiger partial charge is 0.0356 e. The lowest BCUT2D eigenvalue weighted by atomic mass is 9.84. The van der Waals surface area contributed by atoms with E-state index in [0.29, 0.717) is 6.04 Å². The maximum atomic E-state index is 6.16. The predicted octanol–water partition coefficient (Wildman–Crippen LogP) is 1.63. The molecule has 2 aliphatic rings. The number of likely N-dealkylation sites (tertiary alicyclic amines) is 1. The molecule has 3 nitrogen and oxygen atoms in total. The summed E-state index contributed by atoms with van der Waals surface area (Å²) >= 11 is 2.10. The van der Waals surface area contributed by atoms with Crippen LogP contribution in [0.4, 0.5) is 0 Å². The lowest BCUT2D eigenvalue weighted by Gasteiger charge is -2.50. The fourth-order valence-corrected chi connectivity index (χ4v) is 4.64. The van der Waals surface area contributed by atoms with Crippen molar-refractivity contribution in [3.05, 3.63) is 0 Å². The molecule has 2 heterocycles. The highest BCUT2D eigenvalue weighted by molar-refractivity contribution is 7.99. The average molecular weight is 271 g/mol. The van der Waals surface area contributed by atoms with Gasteiger partial charge >= 0.3 is 0 Å². The lowest BCUT2D eigenvalue weighted by molar-refractivity contribution is 0.0146. The van der Waals surface area contributed by atoms with Gasteiger partial charge in [0.2, 0.25) is 0 Å². The fraction of sp³-hybridized carbons (Fsp3) is 1.00. The third kappa shape index (κ3) is 2.87. The van der Waals surface area contributed by atoms with E-state index >= 15 is 0 Å². The molecule has 0 radical (unpaired) electrons. The third-order valence-corrected chi connectivity index (χ3v) is 6.19. The molecule has 0 aromatic carbocycles. The van der Waals surface area contributed by atoms with E-state index in [1.807, 2.05) is 0 Å². The standard InChI is InChI=1S/C14H29N3S/c1-12(2)17-7-5-14(11-15,6-8-17)16(3)13-4-9-18-10-13/h12-13H,4-11,15H2,1-3H3. The van der Waals surface area contributed by atoms with Crippen LogP contribution >= 0.6 is 11.8 Å². The number of likely N-dealkylation sites (N-methyl/N-ethyl adjacent to an activating group) is 1. The second-order valence-electron chi connectivity index (χ2n) is 6.19. The summed E-state index contributed by atoms with van der Waals surface area (Å²) < 4.78 is 0. The maximum absolute atomic E-state index is 6.16. The van der Waals surface area contributed by atoms with Crippen LogP contribution in [0.1, 0.15) is 33.1 Å². The molecule has 2 rings (SSSR count). The third-order valence-electron chi connectivity index (χ3n) is 5.04. The van der Waals surface area contributed by atoms with E-state index in [0.717, 1.165) is 12.6 Å². The molecule has 0 saturated carbocycles. The van der Waals surface area contributed by atoms with E-state index in [1.165, 1.54) is 43.9 Å². The van der Waals surface area contributed by atoms with Crippen molar-refractivity contribution in [1.82, 2.24) is 9.80 Å². The minimum Gasteiger partial charge on any atom is -0.329 e. The molecule has 106 valence electrons. The average Bonchev–Trinajstić information content (AvgIpc) is 2.91. The van der Waals surface area contributed by atoms with Crippen molar-refractivity contribution < 1.29 is 0 Å². The highest BCUT2D eigenvalue weighted by atomic mass is 32.2. The van der Waals surface area contributed by atoms with E-state index < -0.39 is 0 Å². The van der Waals surface area contributed by atoms with Crippen molar-refractivity contribution in [2.75, 3.05) is 38.2 Å². The Kier molecular flexibility index (Phi) is 4.98. The predicted molar refractivity (Wildman–Crippen MR) is 81.2 cm³/mol. The molecular weight excluding hydrogens is 242 g/mol. The molecule has 0 aromatic rings. The van der Waals surface area contributed by atoms with Crippen LogP contribution in [0.25, 0.3) is 0 Å². The zero-order valence-corrected chi connectivity index (χ0v) is 13.0. The van der Waals surface area contributed by atoms with Crippen molar-refractivity contribution in [2.24, 2.45) is 5.73 Å². The molecule has 4 heteroatoms. The number of piperidine rings is 1. The van der Waals surface area contributed by atoms with Crippen LogP contribution in [-0.2, 0) is 0 Å². The fourth-order valence-electron chi connectivity index (χ4n) is 3.37. The molecular formula is C14H29N3S. The van der Waals surface area contributed by atoms with Gasteiger partial charge in [0.15, 0.2) is 0 Å².